The second-order valence-corrected chi connectivity index (χ2v) is 8.17. The molecular formula is C10H17BrN4O3S2. The van der Waals surface area contributed by atoms with Crippen LogP contribution in [0.3, 0.4) is 0 Å². The molecule has 114 valence electrons. The van der Waals surface area contributed by atoms with Gasteiger partial charge in [0.25, 0.3) is 10.0 Å². The molecule has 0 spiro atoms. The van der Waals surface area contributed by atoms with E-state index in [9.17, 15) is 13.2 Å². The normalized spacial score (nSPS) is 13.4. The van der Waals surface area contributed by atoms with E-state index in [0.29, 0.717) is 17.7 Å². The van der Waals surface area contributed by atoms with Gasteiger partial charge >= 0.3 is 0 Å². The lowest BCUT2D eigenvalue weighted by Gasteiger charge is -2.16. The molecule has 1 rings (SSSR count). The summed E-state index contributed by atoms with van der Waals surface area (Å²) in [7, 11) is -3.72. The Morgan fingerprint density at radius 1 is 1.40 bits per heavy atom. The molecule has 0 fully saturated rings. The summed E-state index contributed by atoms with van der Waals surface area (Å²) >= 11 is 4.11. The van der Waals surface area contributed by atoms with Gasteiger partial charge < -0.3 is 5.32 Å². The fraction of sp³-hybridized carbons (Fsp3) is 0.700. The highest BCUT2D eigenvalue weighted by atomic mass is 79.9. The van der Waals surface area contributed by atoms with Gasteiger partial charge in [-0.1, -0.05) is 41.1 Å². The van der Waals surface area contributed by atoms with E-state index in [1.165, 1.54) is 6.92 Å². The smallest absolute Gasteiger partial charge is 0.270 e. The van der Waals surface area contributed by atoms with E-state index in [2.05, 4.69) is 36.2 Å². The number of rotatable bonds is 7. The fourth-order valence-electron chi connectivity index (χ4n) is 1.50. The van der Waals surface area contributed by atoms with Crippen molar-refractivity contribution in [2.24, 2.45) is 5.92 Å². The van der Waals surface area contributed by atoms with Gasteiger partial charge in [-0.05, 0) is 12.3 Å². The first-order valence-electron chi connectivity index (χ1n) is 5.94. The third-order valence-electron chi connectivity index (χ3n) is 2.18. The average Bonchev–Trinajstić information content (AvgIpc) is 2.75. The van der Waals surface area contributed by atoms with Crippen LogP contribution in [0.15, 0.2) is 4.34 Å². The van der Waals surface area contributed by atoms with Crippen molar-refractivity contribution in [3.05, 3.63) is 0 Å². The number of alkyl halides is 1. The highest BCUT2D eigenvalue weighted by Crippen LogP contribution is 2.20. The quantitative estimate of drug-likeness (QED) is 0.548. The number of hydrogen-bond acceptors (Lipinski definition) is 6. The van der Waals surface area contributed by atoms with Gasteiger partial charge in [0, 0.05) is 18.3 Å². The van der Waals surface area contributed by atoms with E-state index in [-0.39, 0.29) is 21.4 Å². The summed E-state index contributed by atoms with van der Waals surface area (Å²) in [4.78, 5) is 10.9. The van der Waals surface area contributed by atoms with Crippen molar-refractivity contribution in [1.29, 1.82) is 0 Å². The Bertz CT molecular complexity index is 559. The van der Waals surface area contributed by atoms with Gasteiger partial charge in [0.05, 0.1) is 0 Å². The number of nitrogens with zero attached hydrogens (tertiary/aromatic N) is 2. The predicted octanol–water partition coefficient (Wildman–Crippen LogP) is 1.58. The molecule has 2 N–H and O–H groups in total. The van der Waals surface area contributed by atoms with Crippen LogP contribution >= 0.6 is 27.3 Å². The molecule has 0 bridgehead atoms. The first-order chi connectivity index (χ1) is 9.24. The molecule has 20 heavy (non-hydrogen) atoms. The lowest BCUT2D eigenvalue weighted by molar-refractivity contribution is -0.114. The van der Waals surface area contributed by atoms with Crippen LogP contribution in [0.2, 0.25) is 0 Å². The van der Waals surface area contributed by atoms with Crippen LogP contribution in [0.25, 0.3) is 0 Å². The van der Waals surface area contributed by atoms with Crippen molar-refractivity contribution < 1.29 is 13.2 Å². The molecule has 1 amide bonds. The number of amides is 1. The zero-order chi connectivity index (χ0) is 15.3. The standard InChI is InChI=1S/C10H17BrN4O3S2/c1-6(2)4-8(5-11)15-20(17,18)10-14-13-9(19-10)12-7(3)16/h6,8,15H,4-5H2,1-3H3,(H,12,13,16). The predicted molar refractivity (Wildman–Crippen MR) is 81.6 cm³/mol. The molecule has 10 heteroatoms. The first-order valence-corrected chi connectivity index (χ1v) is 9.36. The summed E-state index contributed by atoms with van der Waals surface area (Å²) < 4.78 is 26.7. The number of nitrogens with one attached hydrogen (secondary N) is 2. The number of sulfonamides is 1. The van der Waals surface area contributed by atoms with Gasteiger partial charge in [0.2, 0.25) is 15.4 Å². The number of carbonyl (C=O) groups excluding carboxylic acids is 1. The molecule has 0 radical (unpaired) electrons. The highest BCUT2D eigenvalue weighted by molar-refractivity contribution is 9.09. The third-order valence-corrected chi connectivity index (χ3v) is 5.69. The third kappa shape index (κ3) is 5.43. The van der Waals surface area contributed by atoms with E-state index in [0.717, 1.165) is 11.3 Å². The van der Waals surface area contributed by atoms with Crippen molar-refractivity contribution >= 4 is 48.3 Å². The van der Waals surface area contributed by atoms with Crippen LogP contribution in [-0.2, 0) is 14.8 Å². The topological polar surface area (TPSA) is 101 Å². The zero-order valence-corrected chi connectivity index (χ0v) is 14.6. The number of carbonyl (C=O) groups is 1. The molecule has 0 aliphatic rings. The van der Waals surface area contributed by atoms with Crippen LogP contribution in [0, 0.1) is 5.92 Å². The van der Waals surface area contributed by atoms with Gasteiger partial charge in [0.15, 0.2) is 0 Å². The molecule has 0 aliphatic heterocycles. The number of halogens is 1. The molecule has 1 atom stereocenters. The molecular weight excluding hydrogens is 368 g/mol. The molecule has 0 saturated carbocycles. The van der Waals surface area contributed by atoms with Crippen molar-refractivity contribution in [2.45, 2.75) is 37.6 Å². The van der Waals surface area contributed by atoms with Gasteiger partial charge in [0.1, 0.15) is 0 Å². The second kappa shape index (κ2) is 7.43. The summed E-state index contributed by atoms with van der Waals surface area (Å²) in [6.07, 6.45) is 0.710. The SMILES string of the molecule is CC(=O)Nc1nnc(S(=O)(=O)NC(CBr)CC(C)C)s1. The van der Waals surface area contributed by atoms with E-state index in [1.54, 1.807) is 0 Å². The van der Waals surface area contributed by atoms with E-state index in [1.807, 2.05) is 13.8 Å². The van der Waals surface area contributed by atoms with Crippen molar-refractivity contribution in [2.75, 3.05) is 10.6 Å². The minimum absolute atomic E-state index is 0.157. The average molecular weight is 385 g/mol. The second-order valence-electron chi connectivity index (χ2n) is 4.66. The minimum Gasteiger partial charge on any atom is -0.301 e. The Kier molecular flexibility index (Phi) is 6.49. The minimum atomic E-state index is -3.72. The summed E-state index contributed by atoms with van der Waals surface area (Å²) in [6, 6.07) is -0.215. The summed E-state index contributed by atoms with van der Waals surface area (Å²) in [5.74, 6) is 0.0424. The summed E-state index contributed by atoms with van der Waals surface area (Å²) in [5.41, 5.74) is 0. The Morgan fingerprint density at radius 3 is 2.55 bits per heavy atom. The molecule has 0 aromatic carbocycles. The van der Waals surface area contributed by atoms with Gasteiger partial charge in [-0.3, -0.25) is 4.79 Å². The van der Waals surface area contributed by atoms with E-state index < -0.39 is 10.0 Å². The number of anilines is 1. The molecule has 7 nitrogen and oxygen atoms in total. The Hall–Kier alpha value is -0.580. The van der Waals surface area contributed by atoms with Gasteiger partial charge in [-0.15, -0.1) is 10.2 Å². The molecule has 1 aromatic heterocycles. The Morgan fingerprint density at radius 2 is 2.05 bits per heavy atom. The van der Waals surface area contributed by atoms with E-state index >= 15 is 0 Å². The van der Waals surface area contributed by atoms with Crippen molar-refractivity contribution in [1.82, 2.24) is 14.9 Å². The fourth-order valence-corrected chi connectivity index (χ4v) is 4.35. The highest BCUT2D eigenvalue weighted by Gasteiger charge is 2.24. The molecule has 1 unspecified atom stereocenters. The van der Waals surface area contributed by atoms with Gasteiger partial charge in [-0.25, -0.2) is 13.1 Å². The van der Waals surface area contributed by atoms with Crippen LogP contribution < -0.4 is 10.0 Å². The van der Waals surface area contributed by atoms with E-state index in [4.69, 9.17) is 0 Å². The Balaban J connectivity index is 2.82. The molecule has 1 aromatic rings. The molecule has 1 heterocycles. The number of aromatic nitrogens is 2. The first kappa shape index (κ1) is 17.5. The van der Waals surface area contributed by atoms with Crippen LogP contribution in [-0.4, -0.2) is 35.9 Å². The lowest BCUT2D eigenvalue weighted by atomic mass is 10.1. The molecule has 0 saturated heterocycles. The van der Waals surface area contributed by atoms with Gasteiger partial charge in [-0.2, -0.15) is 0 Å². The maximum absolute atomic E-state index is 12.1. The largest absolute Gasteiger partial charge is 0.301 e. The maximum Gasteiger partial charge on any atom is 0.270 e. The lowest BCUT2D eigenvalue weighted by Crippen LogP contribution is -2.36. The van der Waals surface area contributed by atoms with Crippen LogP contribution in [0.1, 0.15) is 27.2 Å². The monoisotopic (exact) mass is 384 g/mol. The summed E-state index contributed by atoms with van der Waals surface area (Å²) in [6.45, 7) is 5.35. The Labute approximate surface area is 130 Å². The summed E-state index contributed by atoms with van der Waals surface area (Å²) in [5, 5.41) is 10.3. The van der Waals surface area contributed by atoms with Crippen LogP contribution in [0.5, 0.6) is 0 Å². The van der Waals surface area contributed by atoms with Crippen LogP contribution in [0.4, 0.5) is 5.13 Å². The maximum atomic E-state index is 12.1. The number of hydrogen-bond donors (Lipinski definition) is 2. The van der Waals surface area contributed by atoms with Crippen molar-refractivity contribution in [3.63, 3.8) is 0 Å². The molecule has 0 aliphatic carbocycles. The van der Waals surface area contributed by atoms with Crippen molar-refractivity contribution in [3.8, 4) is 0 Å². The zero-order valence-electron chi connectivity index (χ0n) is 11.4.